The molecule has 86 valence electrons. The molecule has 1 aromatic rings. The number of nitrogens with zero attached hydrogens (tertiary/aromatic N) is 2. The molecule has 2 rings (SSSR count). The molecule has 0 spiro atoms. The molecule has 1 saturated carbocycles. The standard InChI is InChI=1S/C12H17N3O/c1-15(10-3-7-14-8-4-10)11(16)12(9-13)5-2-6-12/h3-4,7-8H,2,5-6,9,13H2,1H3. The van der Waals surface area contributed by atoms with Crippen LogP contribution in [0.5, 0.6) is 0 Å². The second kappa shape index (κ2) is 4.22. The molecule has 1 amide bonds. The van der Waals surface area contributed by atoms with Crippen molar-refractivity contribution in [3.8, 4) is 0 Å². The zero-order valence-corrected chi connectivity index (χ0v) is 9.52. The van der Waals surface area contributed by atoms with Gasteiger partial charge in [0.25, 0.3) is 0 Å². The molecular formula is C12H17N3O. The Bertz CT molecular complexity index is 368. The van der Waals surface area contributed by atoms with Crippen molar-refractivity contribution in [2.45, 2.75) is 19.3 Å². The summed E-state index contributed by atoms with van der Waals surface area (Å²) in [7, 11) is 1.80. The van der Waals surface area contributed by atoms with Gasteiger partial charge in [0.05, 0.1) is 5.41 Å². The topological polar surface area (TPSA) is 59.2 Å². The van der Waals surface area contributed by atoms with Gasteiger partial charge in [-0.2, -0.15) is 0 Å². The highest BCUT2D eigenvalue weighted by Crippen LogP contribution is 2.41. The lowest BCUT2D eigenvalue weighted by atomic mass is 9.68. The summed E-state index contributed by atoms with van der Waals surface area (Å²) in [5.41, 5.74) is 6.29. The summed E-state index contributed by atoms with van der Waals surface area (Å²) in [4.78, 5) is 17.9. The molecule has 0 saturated heterocycles. The molecule has 4 heteroatoms. The van der Waals surface area contributed by atoms with Crippen molar-refractivity contribution in [3.05, 3.63) is 24.5 Å². The number of nitrogens with two attached hydrogens (primary N) is 1. The molecule has 2 N–H and O–H groups in total. The van der Waals surface area contributed by atoms with E-state index in [1.165, 1.54) is 0 Å². The lowest BCUT2D eigenvalue weighted by molar-refractivity contribution is -0.131. The SMILES string of the molecule is CN(C(=O)C1(CN)CCC1)c1ccncc1. The molecule has 1 aliphatic carbocycles. The van der Waals surface area contributed by atoms with Crippen LogP contribution in [0.3, 0.4) is 0 Å². The van der Waals surface area contributed by atoms with E-state index < -0.39 is 0 Å². The van der Waals surface area contributed by atoms with Gasteiger partial charge in [0.2, 0.25) is 5.91 Å². The number of carbonyl (C=O) groups is 1. The normalized spacial score (nSPS) is 17.6. The van der Waals surface area contributed by atoms with Crippen LogP contribution in [0.25, 0.3) is 0 Å². The molecule has 0 unspecified atom stereocenters. The third-order valence-electron chi connectivity index (χ3n) is 3.51. The summed E-state index contributed by atoms with van der Waals surface area (Å²) in [6.45, 7) is 0.446. The summed E-state index contributed by atoms with van der Waals surface area (Å²) >= 11 is 0. The van der Waals surface area contributed by atoms with E-state index in [0.29, 0.717) is 6.54 Å². The van der Waals surface area contributed by atoms with Crippen molar-refractivity contribution < 1.29 is 4.79 Å². The van der Waals surface area contributed by atoms with Gasteiger partial charge in [-0.15, -0.1) is 0 Å². The van der Waals surface area contributed by atoms with Gasteiger partial charge in [-0.05, 0) is 25.0 Å². The molecule has 1 fully saturated rings. The maximum Gasteiger partial charge on any atom is 0.234 e. The Balaban J connectivity index is 2.16. The Morgan fingerprint density at radius 1 is 1.50 bits per heavy atom. The second-order valence-corrected chi connectivity index (χ2v) is 4.41. The molecule has 0 radical (unpaired) electrons. The molecule has 1 aromatic heterocycles. The van der Waals surface area contributed by atoms with Crippen molar-refractivity contribution >= 4 is 11.6 Å². The highest BCUT2D eigenvalue weighted by Gasteiger charge is 2.44. The summed E-state index contributed by atoms with van der Waals surface area (Å²) in [6.07, 6.45) is 6.31. The van der Waals surface area contributed by atoms with Crippen LogP contribution >= 0.6 is 0 Å². The van der Waals surface area contributed by atoms with Crippen LogP contribution < -0.4 is 10.6 Å². The van der Waals surface area contributed by atoms with Crippen molar-refractivity contribution in [2.75, 3.05) is 18.5 Å². The van der Waals surface area contributed by atoms with Gasteiger partial charge < -0.3 is 10.6 Å². The first kappa shape index (κ1) is 11.1. The quantitative estimate of drug-likeness (QED) is 0.830. The van der Waals surface area contributed by atoms with Gasteiger partial charge in [-0.1, -0.05) is 6.42 Å². The lowest BCUT2D eigenvalue weighted by Crippen LogP contribution is -2.51. The molecule has 16 heavy (non-hydrogen) atoms. The van der Waals surface area contributed by atoms with Crippen LogP contribution in [0.1, 0.15) is 19.3 Å². The van der Waals surface area contributed by atoms with Crippen molar-refractivity contribution in [1.29, 1.82) is 0 Å². The number of anilines is 1. The van der Waals surface area contributed by atoms with E-state index in [9.17, 15) is 4.79 Å². The first-order chi connectivity index (χ1) is 7.69. The summed E-state index contributed by atoms with van der Waals surface area (Å²) < 4.78 is 0. The van der Waals surface area contributed by atoms with Crippen molar-refractivity contribution in [3.63, 3.8) is 0 Å². The minimum atomic E-state index is -0.308. The van der Waals surface area contributed by atoms with Gasteiger partial charge in [0.15, 0.2) is 0 Å². The average molecular weight is 219 g/mol. The molecule has 1 aliphatic rings. The highest BCUT2D eigenvalue weighted by molar-refractivity contribution is 5.97. The third-order valence-corrected chi connectivity index (χ3v) is 3.51. The molecule has 0 aliphatic heterocycles. The predicted molar refractivity (Wildman–Crippen MR) is 63.0 cm³/mol. The number of amides is 1. The number of pyridine rings is 1. The second-order valence-electron chi connectivity index (χ2n) is 4.41. The predicted octanol–water partition coefficient (Wildman–Crippen LogP) is 1.17. The summed E-state index contributed by atoms with van der Waals surface area (Å²) in [6, 6.07) is 3.67. The average Bonchev–Trinajstić information content (AvgIpc) is 2.28. The fourth-order valence-corrected chi connectivity index (χ4v) is 2.15. The molecule has 0 bridgehead atoms. The number of hydrogen-bond acceptors (Lipinski definition) is 3. The summed E-state index contributed by atoms with van der Waals surface area (Å²) in [5, 5.41) is 0. The molecule has 0 atom stereocenters. The van der Waals surface area contributed by atoms with E-state index >= 15 is 0 Å². The van der Waals surface area contributed by atoms with Gasteiger partial charge >= 0.3 is 0 Å². The fourth-order valence-electron chi connectivity index (χ4n) is 2.15. The van der Waals surface area contributed by atoms with E-state index in [4.69, 9.17) is 5.73 Å². The largest absolute Gasteiger partial charge is 0.329 e. The van der Waals surface area contributed by atoms with E-state index in [1.54, 1.807) is 24.3 Å². The number of aromatic nitrogens is 1. The Hall–Kier alpha value is -1.42. The van der Waals surface area contributed by atoms with Crippen LogP contribution in [-0.2, 0) is 4.79 Å². The van der Waals surface area contributed by atoms with Crippen molar-refractivity contribution in [1.82, 2.24) is 4.98 Å². The minimum Gasteiger partial charge on any atom is -0.329 e. The smallest absolute Gasteiger partial charge is 0.234 e. The van der Waals surface area contributed by atoms with Crippen LogP contribution in [0.2, 0.25) is 0 Å². The Kier molecular flexibility index (Phi) is 2.92. The number of carbonyl (C=O) groups excluding carboxylic acids is 1. The lowest BCUT2D eigenvalue weighted by Gasteiger charge is -2.41. The monoisotopic (exact) mass is 219 g/mol. The van der Waals surface area contributed by atoms with Crippen LogP contribution in [-0.4, -0.2) is 24.5 Å². The van der Waals surface area contributed by atoms with E-state index in [2.05, 4.69) is 4.98 Å². The zero-order valence-electron chi connectivity index (χ0n) is 9.52. The van der Waals surface area contributed by atoms with Crippen LogP contribution in [0.15, 0.2) is 24.5 Å². The Morgan fingerprint density at radius 3 is 2.56 bits per heavy atom. The first-order valence-electron chi connectivity index (χ1n) is 5.58. The number of rotatable bonds is 3. The van der Waals surface area contributed by atoms with Gasteiger partial charge in [-0.25, -0.2) is 0 Å². The minimum absolute atomic E-state index is 0.132. The van der Waals surface area contributed by atoms with Gasteiger partial charge in [-0.3, -0.25) is 9.78 Å². The van der Waals surface area contributed by atoms with Crippen LogP contribution in [0, 0.1) is 5.41 Å². The van der Waals surface area contributed by atoms with E-state index in [-0.39, 0.29) is 11.3 Å². The van der Waals surface area contributed by atoms with Crippen molar-refractivity contribution in [2.24, 2.45) is 11.1 Å². The zero-order chi connectivity index (χ0) is 11.6. The molecule has 4 nitrogen and oxygen atoms in total. The van der Waals surface area contributed by atoms with Crippen LogP contribution in [0.4, 0.5) is 5.69 Å². The summed E-state index contributed by atoms with van der Waals surface area (Å²) in [5.74, 6) is 0.132. The first-order valence-corrected chi connectivity index (χ1v) is 5.58. The molecule has 1 heterocycles. The van der Waals surface area contributed by atoms with Gasteiger partial charge in [0.1, 0.15) is 0 Å². The molecule has 0 aromatic carbocycles. The maximum atomic E-state index is 12.3. The third kappa shape index (κ3) is 1.69. The Morgan fingerprint density at radius 2 is 2.12 bits per heavy atom. The maximum absolute atomic E-state index is 12.3. The fraction of sp³-hybridized carbons (Fsp3) is 0.500. The Labute approximate surface area is 95.5 Å². The van der Waals surface area contributed by atoms with E-state index in [1.807, 2.05) is 12.1 Å². The number of hydrogen-bond donors (Lipinski definition) is 1. The highest BCUT2D eigenvalue weighted by atomic mass is 16.2. The molecular weight excluding hydrogens is 202 g/mol. The van der Waals surface area contributed by atoms with Gasteiger partial charge in [0, 0.05) is 31.7 Å². The van der Waals surface area contributed by atoms with E-state index in [0.717, 1.165) is 24.9 Å².